The van der Waals surface area contributed by atoms with Crippen LogP contribution in [-0.2, 0) is 29.0 Å². The normalized spacial score (nSPS) is 12.8. The van der Waals surface area contributed by atoms with Crippen molar-refractivity contribution in [3.8, 4) is 11.5 Å². The fourth-order valence-corrected chi connectivity index (χ4v) is 6.96. The van der Waals surface area contributed by atoms with Crippen molar-refractivity contribution in [3.05, 3.63) is 48.0 Å². The molecule has 2 amide bonds. The lowest BCUT2D eigenvalue weighted by molar-refractivity contribution is -0.140. The molecule has 12 heteroatoms. The first-order valence-electron chi connectivity index (χ1n) is 17.5. The van der Waals surface area contributed by atoms with Crippen LogP contribution in [0.1, 0.15) is 109 Å². The molecule has 50 heavy (non-hydrogen) atoms. The number of methoxy groups -OCH3 is 2. The summed E-state index contributed by atoms with van der Waals surface area (Å²) in [7, 11) is -0.767. The number of hydrogen-bond acceptors (Lipinski definition) is 9. The quantitative estimate of drug-likeness (QED) is 0.0721. The molecule has 0 heterocycles. The lowest BCUT2D eigenvalue weighted by Gasteiger charge is -2.25. The van der Waals surface area contributed by atoms with Crippen molar-refractivity contribution < 1.29 is 41.8 Å². The number of rotatable bonds is 22. The van der Waals surface area contributed by atoms with Crippen LogP contribution in [0.5, 0.6) is 11.5 Å². The van der Waals surface area contributed by atoms with Gasteiger partial charge in [-0.15, -0.1) is 0 Å². The molecule has 2 atom stereocenters. The Hall–Kier alpha value is -3.93. The van der Waals surface area contributed by atoms with Crippen molar-refractivity contribution in [1.82, 2.24) is 0 Å². The molecule has 0 aliphatic carbocycles. The van der Waals surface area contributed by atoms with Gasteiger partial charge in [0.2, 0.25) is 12.0 Å². The average molecular weight is 717 g/mol. The predicted octanol–water partition coefficient (Wildman–Crippen LogP) is 7.39. The van der Waals surface area contributed by atoms with Gasteiger partial charge in [-0.3, -0.25) is 14.4 Å². The van der Waals surface area contributed by atoms with E-state index in [2.05, 4.69) is 17.6 Å². The van der Waals surface area contributed by atoms with Crippen LogP contribution < -0.4 is 20.1 Å². The maximum atomic E-state index is 13.6. The van der Waals surface area contributed by atoms with E-state index >= 15 is 0 Å². The summed E-state index contributed by atoms with van der Waals surface area (Å²) >= 11 is 0. The molecule has 0 radical (unpaired) electrons. The number of amides is 2. The van der Waals surface area contributed by atoms with Crippen LogP contribution in [0.25, 0.3) is 0 Å². The van der Waals surface area contributed by atoms with E-state index in [4.69, 9.17) is 14.2 Å². The van der Waals surface area contributed by atoms with E-state index in [9.17, 15) is 27.6 Å². The number of hydrogen-bond donors (Lipinski definition) is 2. The third-order valence-corrected chi connectivity index (χ3v) is 10.1. The van der Waals surface area contributed by atoms with Gasteiger partial charge in [0, 0.05) is 17.0 Å². The summed E-state index contributed by atoms with van der Waals surface area (Å²) in [6.45, 7) is 8.75. The third-order valence-electron chi connectivity index (χ3n) is 8.23. The monoisotopic (exact) mass is 716 g/mol. The number of ether oxygens (including phenoxy) is 3. The maximum Gasteiger partial charge on any atom is 0.337 e. The maximum absolute atomic E-state index is 13.6. The van der Waals surface area contributed by atoms with E-state index in [1.54, 1.807) is 33.8 Å². The molecule has 0 aliphatic heterocycles. The van der Waals surface area contributed by atoms with Gasteiger partial charge in [0.15, 0.2) is 15.6 Å². The van der Waals surface area contributed by atoms with Gasteiger partial charge in [0.05, 0.1) is 37.0 Å². The molecule has 2 aromatic rings. The van der Waals surface area contributed by atoms with Gasteiger partial charge in [-0.2, -0.15) is 0 Å². The Kier molecular flexibility index (Phi) is 17.5. The molecule has 11 nitrogen and oxygen atoms in total. The minimum atomic E-state index is -3.43. The molecule has 2 unspecified atom stereocenters. The summed E-state index contributed by atoms with van der Waals surface area (Å²) in [4.78, 5) is 51.7. The number of Topliss-reactive ketones (excluding diaryl/α,β-unsaturated/α-hetero) is 1. The minimum absolute atomic E-state index is 0.0474. The van der Waals surface area contributed by atoms with E-state index in [0.29, 0.717) is 12.1 Å². The molecule has 2 N–H and O–H groups in total. The highest BCUT2D eigenvalue weighted by molar-refractivity contribution is 7.91. The topological polar surface area (TPSA) is 154 Å². The molecule has 278 valence electrons. The van der Waals surface area contributed by atoms with Crippen LogP contribution >= 0.6 is 0 Å². The third kappa shape index (κ3) is 14.5. The lowest BCUT2D eigenvalue weighted by atomic mass is 9.87. The summed E-state index contributed by atoms with van der Waals surface area (Å²) in [6.07, 6.45) is 9.46. The van der Waals surface area contributed by atoms with Crippen molar-refractivity contribution in [2.75, 3.05) is 36.4 Å². The summed E-state index contributed by atoms with van der Waals surface area (Å²) in [5.41, 5.74) is -0.221. The molecule has 0 aromatic heterocycles. The van der Waals surface area contributed by atoms with Crippen LogP contribution in [0.3, 0.4) is 0 Å². The summed E-state index contributed by atoms with van der Waals surface area (Å²) in [5.74, 6) is -2.91. The van der Waals surface area contributed by atoms with Crippen LogP contribution in [-0.4, -0.2) is 63.8 Å². The van der Waals surface area contributed by atoms with E-state index in [0.717, 1.165) is 19.3 Å². The predicted molar refractivity (Wildman–Crippen MR) is 197 cm³/mol. The first kappa shape index (κ1) is 42.2. The first-order valence-corrected chi connectivity index (χ1v) is 19.3. The molecule has 0 bridgehead atoms. The zero-order valence-corrected chi connectivity index (χ0v) is 31.6. The molecule has 2 aromatic carbocycles. The van der Waals surface area contributed by atoms with Crippen molar-refractivity contribution in [1.29, 1.82) is 0 Å². The van der Waals surface area contributed by atoms with E-state index in [-0.39, 0.29) is 34.3 Å². The number of carbonyl (C=O) groups excluding carboxylic acids is 4. The Morgan fingerprint density at radius 3 is 1.90 bits per heavy atom. The number of anilines is 2. The Morgan fingerprint density at radius 2 is 1.36 bits per heavy atom. The van der Waals surface area contributed by atoms with Gasteiger partial charge >= 0.3 is 5.97 Å². The molecule has 2 rings (SSSR count). The van der Waals surface area contributed by atoms with E-state index in [1.165, 1.54) is 89.1 Å². The zero-order valence-electron chi connectivity index (χ0n) is 30.8. The second kappa shape index (κ2) is 20.7. The number of carbonyl (C=O) groups is 4. The zero-order chi connectivity index (χ0) is 37.3. The molecule has 0 saturated heterocycles. The Labute approximate surface area is 298 Å². The van der Waals surface area contributed by atoms with E-state index in [1.807, 2.05) is 0 Å². The first-order chi connectivity index (χ1) is 23.6. The molecule has 0 saturated carbocycles. The summed E-state index contributed by atoms with van der Waals surface area (Å²) in [6, 6.07) is 10.4. The number of esters is 1. The second-order valence-corrected chi connectivity index (χ2v) is 15.9. The number of sulfone groups is 1. The molecular weight excluding hydrogens is 660 g/mol. The SMILES string of the molecule is CCCCCCCCCCCCS(=O)(=O)CC(C)C(=O)Nc1ccc(OC)c(NC(=O)C(Oc2ccc(C(=O)OC)cc2)C(=O)C(C)(C)C)c1. The fraction of sp³-hybridized carbons (Fsp3) is 0.579. The molecule has 0 spiro atoms. The lowest BCUT2D eigenvalue weighted by Crippen LogP contribution is -2.45. The number of unbranched alkanes of at least 4 members (excludes halogenated alkanes) is 9. The second-order valence-electron chi connectivity index (χ2n) is 13.7. The highest BCUT2D eigenvalue weighted by Gasteiger charge is 2.37. The summed E-state index contributed by atoms with van der Waals surface area (Å²) < 4.78 is 41.5. The molecule has 0 fully saturated rings. The Morgan fingerprint density at radius 1 is 0.780 bits per heavy atom. The smallest absolute Gasteiger partial charge is 0.337 e. The number of nitrogens with one attached hydrogen (secondary N) is 2. The Balaban J connectivity index is 2.04. The standard InChI is InChI=1S/C38H56N2O9S/c1-8-9-10-11-12-13-14-15-16-17-24-50(45,46)26-27(2)35(42)39-29-20-23-32(47-6)31(25-29)40-36(43)33(34(41)38(3,4)5)49-30-21-18-28(19-22-30)37(44)48-7/h18-23,25,27,33H,8-17,24,26H2,1-7H3,(H,39,42)(H,40,43). The van der Waals surface area contributed by atoms with Gasteiger partial charge in [0.1, 0.15) is 11.5 Å². The van der Waals surface area contributed by atoms with Crippen molar-refractivity contribution >= 4 is 44.8 Å². The van der Waals surface area contributed by atoms with E-state index < -0.39 is 50.8 Å². The molecule has 0 aliphatic rings. The van der Waals surface area contributed by atoms with Gasteiger partial charge < -0.3 is 24.8 Å². The fourth-order valence-electron chi connectivity index (χ4n) is 5.24. The van der Waals surface area contributed by atoms with Crippen LogP contribution in [0.4, 0.5) is 11.4 Å². The van der Waals surface area contributed by atoms with Gasteiger partial charge in [0.25, 0.3) is 5.91 Å². The van der Waals surface area contributed by atoms with Gasteiger partial charge in [-0.05, 0) is 48.9 Å². The van der Waals surface area contributed by atoms with Gasteiger partial charge in [-0.1, -0.05) is 92.4 Å². The minimum Gasteiger partial charge on any atom is -0.495 e. The largest absolute Gasteiger partial charge is 0.495 e. The van der Waals surface area contributed by atoms with Crippen LogP contribution in [0.15, 0.2) is 42.5 Å². The Bertz CT molecular complexity index is 1520. The summed E-state index contributed by atoms with van der Waals surface area (Å²) in [5, 5.41) is 5.40. The van der Waals surface area contributed by atoms with Crippen LogP contribution in [0, 0.1) is 11.3 Å². The highest BCUT2D eigenvalue weighted by atomic mass is 32.2. The van der Waals surface area contributed by atoms with Crippen LogP contribution in [0.2, 0.25) is 0 Å². The average Bonchev–Trinajstić information content (AvgIpc) is 3.07. The van der Waals surface area contributed by atoms with Crippen molar-refractivity contribution in [3.63, 3.8) is 0 Å². The van der Waals surface area contributed by atoms with Crippen molar-refractivity contribution in [2.45, 2.75) is 105 Å². The van der Waals surface area contributed by atoms with Gasteiger partial charge in [-0.25, -0.2) is 13.2 Å². The molecular formula is C38H56N2O9S. The highest BCUT2D eigenvalue weighted by Crippen LogP contribution is 2.30. The van der Waals surface area contributed by atoms with Crippen molar-refractivity contribution in [2.24, 2.45) is 11.3 Å². The number of benzene rings is 2. The number of ketones is 1.